The minimum Gasteiger partial charge on any atom is -0.355 e. The van der Waals surface area contributed by atoms with Gasteiger partial charge in [0.05, 0.1) is 5.56 Å². The van der Waals surface area contributed by atoms with Crippen LogP contribution in [0.25, 0.3) is 12.2 Å². The van der Waals surface area contributed by atoms with Gasteiger partial charge in [0.15, 0.2) is 0 Å². The van der Waals surface area contributed by atoms with Crippen LogP contribution >= 0.6 is 27.5 Å². The van der Waals surface area contributed by atoms with E-state index in [0.717, 1.165) is 59.6 Å². The monoisotopic (exact) mass is 591 g/mol. The van der Waals surface area contributed by atoms with Crippen LogP contribution in [0.4, 0.5) is 0 Å². The van der Waals surface area contributed by atoms with Gasteiger partial charge in [0.25, 0.3) is 11.8 Å². The molecule has 0 unspecified atom stereocenters. The average Bonchev–Trinajstić information content (AvgIpc) is 2.95. The largest absolute Gasteiger partial charge is 0.355 e. The number of halogens is 2. The molecule has 0 saturated carbocycles. The summed E-state index contributed by atoms with van der Waals surface area (Å²) < 4.78 is 0.789. The Morgan fingerprint density at radius 2 is 1.71 bits per heavy atom. The van der Waals surface area contributed by atoms with Gasteiger partial charge in [-0.05, 0) is 87.8 Å². The lowest BCUT2D eigenvalue weighted by molar-refractivity contribution is 0.0328. The summed E-state index contributed by atoms with van der Waals surface area (Å²) in [7, 11) is 1.62. The van der Waals surface area contributed by atoms with Crippen molar-refractivity contribution in [3.63, 3.8) is 0 Å². The Hall–Kier alpha value is -2.93. The molecule has 0 bridgehead atoms. The Labute approximate surface area is 237 Å². The van der Waals surface area contributed by atoms with E-state index < -0.39 is 0 Å². The molecule has 3 aromatic rings. The second-order valence-electron chi connectivity index (χ2n) is 10.0. The average molecular weight is 593 g/mol. The molecule has 2 aliphatic rings. The maximum Gasteiger partial charge on any atom is 0.255 e. The lowest BCUT2D eigenvalue weighted by Gasteiger charge is -2.46. The summed E-state index contributed by atoms with van der Waals surface area (Å²) in [5, 5.41) is 3.42. The SMILES string of the molecule is CNC(=O)c1cccc(/C=C/c2ccc(C(=O)N3CCN4C[C@H](c5ccc(Cl)cc5)CC[C@H]4C3)c(Br)c2)c1. The first-order valence-corrected chi connectivity index (χ1v) is 14.2. The summed E-state index contributed by atoms with van der Waals surface area (Å²) in [6, 6.07) is 21.9. The summed E-state index contributed by atoms with van der Waals surface area (Å²) in [6.45, 7) is 3.43. The molecule has 2 heterocycles. The van der Waals surface area contributed by atoms with Crippen molar-refractivity contribution in [1.82, 2.24) is 15.1 Å². The summed E-state index contributed by atoms with van der Waals surface area (Å²) in [5.74, 6) is 0.484. The summed E-state index contributed by atoms with van der Waals surface area (Å²) >= 11 is 9.71. The molecule has 0 aliphatic carbocycles. The first-order chi connectivity index (χ1) is 18.4. The zero-order chi connectivity index (χ0) is 26.6. The van der Waals surface area contributed by atoms with Gasteiger partial charge in [-0.2, -0.15) is 0 Å². The molecule has 2 fully saturated rings. The molecule has 2 saturated heterocycles. The highest BCUT2D eigenvalue weighted by Crippen LogP contribution is 2.33. The van der Waals surface area contributed by atoms with Crippen molar-refractivity contribution in [2.24, 2.45) is 0 Å². The van der Waals surface area contributed by atoms with Crippen molar-refractivity contribution < 1.29 is 9.59 Å². The molecular formula is C31H31BrClN3O2. The van der Waals surface area contributed by atoms with Crippen LogP contribution < -0.4 is 5.32 Å². The number of piperidine rings is 1. The van der Waals surface area contributed by atoms with Gasteiger partial charge < -0.3 is 10.2 Å². The molecule has 5 rings (SSSR count). The fourth-order valence-corrected chi connectivity index (χ4v) is 6.16. The van der Waals surface area contributed by atoms with E-state index in [9.17, 15) is 9.59 Å². The van der Waals surface area contributed by atoms with E-state index >= 15 is 0 Å². The molecule has 2 amide bonds. The first-order valence-electron chi connectivity index (χ1n) is 13.0. The molecule has 7 heteroatoms. The van der Waals surface area contributed by atoms with Crippen molar-refractivity contribution in [2.45, 2.75) is 24.8 Å². The van der Waals surface area contributed by atoms with Crippen LogP contribution in [-0.4, -0.2) is 60.9 Å². The van der Waals surface area contributed by atoms with Gasteiger partial charge >= 0.3 is 0 Å². The molecular weight excluding hydrogens is 562 g/mol. The smallest absolute Gasteiger partial charge is 0.255 e. The second kappa shape index (κ2) is 11.9. The van der Waals surface area contributed by atoms with Gasteiger partial charge in [0.1, 0.15) is 0 Å². The van der Waals surface area contributed by atoms with E-state index in [0.29, 0.717) is 23.1 Å². The van der Waals surface area contributed by atoms with E-state index in [1.54, 1.807) is 13.1 Å². The summed E-state index contributed by atoms with van der Waals surface area (Å²) in [4.78, 5) is 29.9. The third-order valence-corrected chi connectivity index (χ3v) is 8.51. The number of carbonyl (C=O) groups excluding carboxylic acids is 2. The standard InChI is InChI=1S/C31H31BrClN3O2/c1-34-30(37)24-4-2-3-21(17-24)5-6-22-7-14-28(29(32)18-22)31(38)36-16-15-35-19-25(10-13-27(35)20-36)23-8-11-26(33)12-9-23/h2-9,11-12,14,17-18,25,27H,10,13,15-16,19-20H2,1H3,(H,34,37)/b6-5+/t25-,27+/m1/s1. The van der Waals surface area contributed by atoms with Crippen LogP contribution in [0, 0.1) is 0 Å². The number of nitrogens with zero attached hydrogens (tertiary/aromatic N) is 2. The van der Waals surface area contributed by atoms with E-state index in [1.807, 2.05) is 65.6 Å². The molecule has 2 aliphatic heterocycles. The molecule has 3 aromatic carbocycles. The van der Waals surface area contributed by atoms with Gasteiger partial charge in [0, 0.05) is 54.3 Å². The molecule has 5 nitrogen and oxygen atoms in total. The van der Waals surface area contributed by atoms with Gasteiger partial charge in [-0.15, -0.1) is 0 Å². The maximum atomic E-state index is 13.4. The number of amides is 2. The number of hydrogen-bond acceptors (Lipinski definition) is 3. The number of fused-ring (bicyclic) bond motifs is 1. The van der Waals surface area contributed by atoms with Gasteiger partial charge in [-0.3, -0.25) is 14.5 Å². The number of nitrogens with one attached hydrogen (secondary N) is 1. The number of benzene rings is 3. The zero-order valence-corrected chi connectivity index (χ0v) is 23.7. The van der Waals surface area contributed by atoms with Crippen LogP contribution in [0.1, 0.15) is 56.2 Å². The predicted octanol–water partition coefficient (Wildman–Crippen LogP) is 6.34. The fourth-order valence-electron chi connectivity index (χ4n) is 5.47. The molecule has 1 N–H and O–H groups in total. The zero-order valence-electron chi connectivity index (χ0n) is 21.4. The maximum absolute atomic E-state index is 13.4. The lowest BCUT2D eigenvalue weighted by atomic mass is 9.86. The summed E-state index contributed by atoms with van der Waals surface area (Å²) in [5.41, 5.74) is 4.57. The number of piperazine rings is 1. The quantitative estimate of drug-likeness (QED) is 0.352. The van der Waals surface area contributed by atoms with Crippen molar-refractivity contribution >= 4 is 51.5 Å². The number of rotatable bonds is 5. The Morgan fingerprint density at radius 1 is 0.947 bits per heavy atom. The normalized spacial score (nSPS) is 19.8. The Kier molecular flexibility index (Phi) is 8.32. The van der Waals surface area contributed by atoms with Gasteiger partial charge in [0.2, 0.25) is 0 Å². The predicted molar refractivity (Wildman–Crippen MR) is 158 cm³/mol. The molecule has 2 atom stereocenters. The minimum atomic E-state index is -0.110. The van der Waals surface area contributed by atoms with Gasteiger partial charge in [-0.25, -0.2) is 0 Å². The molecule has 38 heavy (non-hydrogen) atoms. The topological polar surface area (TPSA) is 52.7 Å². The Bertz CT molecular complexity index is 1360. The van der Waals surface area contributed by atoms with Crippen molar-refractivity contribution in [3.8, 4) is 0 Å². The fraction of sp³-hybridized carbons (Fsp3) is 0.290. The second-order valence-corrected chi connectivity index (χ2v) is 11.3. The lowest BCUT2D eigenvalue weighted by Crippen LogP contribution is -2.57. The number of hydrogen-bond donors (Lipinski definition) is 1. The van der Waals surface area contributed by atoms with E-state index in [-0.39, 0.29) is 11.8 Å². The Morgan fingerprint density at radius 3 is 2.45 bits per heavy atom. The van der Waals surface area contributed by atoms with E-state index in [2.05, 4.69) is 38.3 Å². The third kappa shape index (κ3) is 6.04. The van der Waals surface area contributed by atoms with Crippen LogP contribution in [0.2, 0.25) is 5.02 Å². The van der Waals surface area contributed by atoms with Crippen LogP contribution in [0.5, 0.6) is 0 Å². The van der Waals surface area contributed by atoms with Crippen molar-refractivity contribution in [2.75, 3.05) is 33.2 Å². The number of carbonyl (C=O) groups is 2. The third-order valence-electron chi connectivity index (χ3n) is 7.60. The van der Waals surface area contributed by atoms with E-state index in [1.165, 1.54) is 5.56 Å². The van der Waals surface area contributed by atoms with Crippen LogP contribution in [0.3, 0.4) is 0 Å². The van der Waals surface area contributed by atoms with Crippen LogP contribution in [0.15, 0.2) is 71.2 Å². The molecule has 0 radical (unpaired) electrons. The highest BCUT2D eigenvalue weighted by molar-refractivity contribution is 9.10. The first kappa shape index (κ1) is 26.7. The Balaban J connectivity index is 1.21. The highest BCUT2D eigenvalue weighted by atomic mass is 79.9. The van der Waals surface area contributed by atoms with Gasteiger partial charge in [-0.1, -0.05) is 54.1 Å². The molecule has 196 valence electrons. The summed E-state index contributed by atoms with van der Waals surface area (Å²) in [6.07, 6.45) is 6.17. The minimum absolute atomic E-state index is 0.0742. The molecule has 0 spiro atoms. The van der Waals surface area contributed by atoms with Crippen molar-refractivity contribution in [3.05, 3.63) is 104 Å². The molecule has 0 aromatic heterocycles. The van der Waals surface area contributed by atoms with Crippen LogP contribution in [-0.2, 0) is 0 Å². The van der Waals surface area contributed by atoms with Crippen molar-refractivity contribution in [1.29, 1.82) is 0 Å². The highest BCUT2D eigenvalue weighted by Gasteiger charge is 2.35. The van der Waals surface area contributed by atoms with E-state index in [4.69, 9.17) is 11.6 Å².